The van der Waals surface area contributed by atoms with Crippen molar-refractivity contribution in [3.63, 3.8) is 0 Å². The minimum absolute atomic E-state index is 0.102. The van der Waals surface area contributed by atoms with Gasteiger partial charge in [-0.2, -0.15) is 0 Å². The lowest BCUT2D eigenvalue weighted by Gasteiger charge is -2.59. The van der Waals surface area contributed by atoms with Gasteiger partial charge >= 0.3 is 0 Å². The Morgan fingerprint density at radius 1 is 1.14 bits per heavy atom. The lowest BCUT2D eigenvalue weighted by molar-refractivity contribution is -0.321. The van der Waals surface area contributed by atoms with Gasteiger partial charge in [-0.3, -0.25) is 24.5 Å². The van der Waals surface area contributed by atoms with Crippen molar-refractivity contribution in [1.29, 1.82) is 0 Å². The van der Waals surface area contributed by atoms with E-state index in [9.17, 15) is 50.3 Å². The van der Waals surface area contributed by atoms with E-state index in [0.717, 1.165) is 11.0 Å². The van der Waals surface area contributed by atoms with Crippen LogP contribution in [0.2, 0.25) is 5.02 Å². The fourth-order valence-corrected chi connectivity index (χ4v) is 8.66. The highest BCUT2D eigenvalue weighted by molar-refractivity contribution is 6.33. The largest absolute Gasteiger partial charge is 0.762 e. The molecule has 0 unspecified atom stereocenters. The average Bonchev–Trinajstić information content (AvgIpc) is 2.98. The first-order valence-corrected chi connectivity index (χ1v) is 15.5. The van der Waals surface area contributed by atoms with Crippen LogP contribution in [0.15, 0.2) is 23.0 Å². The number of nitrogens with two attached hydrogens (primary N) is 1. The number of carbonyl (C=O) groups excluding carboxylic acids is 3. The van der Waals surface area contributed by atoms with Crippen LogP contribution in [0.25, 0.3) is 5.76 Å². The van der Waals surface area contributed by atoms with Crippen LogP contribution < -0.4 is 10.5 Å². The van der Waals surface area contributed by atoms with Crippen LogP contribution in [-0.2, 0) is 34.2 Å². The van der Waals surface area contributed by atoms with Gasteiger partial charge in [0.1, 0.15) is 46.2 Å². The van der Waals surface area contributed by atoms with Gasteiger partial charge in [-0.1, -0.05) is 11.6 Å². The third-order valence-corrected chi connectivity index (χ3v) is 10.9. The Balaban J connectivity index is 1.82. The molecule has 3 aliphatic carbocycles. The maximum Gasteiger partial charge on any atom is 0.255 e. The Hall–Kier alpha value is -3.36. The summed E-state index contributed by atoms with van der Waals surface area (Å²) in [5.41, 5.74) is -7.15. The number of primary amides is 1. The minimum Gasteiger partial charge on any atom is -0.762 e. The fourth-order valence-electron chi connectivity index (χ4n) is 8.24. The molecule has 1 aromatic carbocycles. The van der Waals surface area contributed by atoms with E-state index in [0.29, 0.717) is 0 Å². The number of amides is 1. The highest BCUT2D eigenvalue weighted by atomic mass is 35.5. The van der Waals surface area contributed by atoms with Crippen molar-refractivity contribution >= 4 is 34.8 Å². The van der Waals surface area contributed by atoms with Gasteiger partial charge in [0.05, 0.1) is 29.3 Å². The number of rotatable bonds is 7. The number of hydrogen-bond acceptors (Lipinski definition) is 16. The highest BCUT2D eigenvalue weighted by Gasteiger charge is 2.74. The van der Waals surface area contributed by atoms with Gasteiger partial charge in [-0.15, -0.1) is 0 Å². The summed E-state index contributed by atoms with van der Waals surface area (Å²) in [5, 5.41) is 80.8. The van der Waals surface area contributed by atoms with E-state index in [-0.39, 0.29) is 28.0 Å². The molecule has 0 aromatic heterocycles. The molecular formula is C31H39ClN3O14-. The number of aliphatic hydroxyl groups excluding tert-OH is 2. The number of nitrogens with zero attached hydrogens (tertiary/aromatic N) is 2. The molecule has 5 rings (SSSR count). The number of hydrogen-bond donors (Lipinski definition) is 7. The first-order valence-electron chi connectivity index (χ1n) is 15.1. The number of benzene rings is 1. The molecule has 9 atom stereocenters. The van der Waals surface area contributed by atoms with Gasteiger partial charge in [0.25, 0.3) is 5.91 Å². The molecule has 1 heterocycles. The molecule has 1 saturated carbocycles. The monoisotopic (exact) mass is 712 g/mol. The van der Waals surface area contributed by atoms with Crippen molar-refractivity contribution in [2.75, 3.05) is 28.3 Å². The van der Waals surface area contributed by atoms with Gasteiger partial charge < -0.3 is 60.6 Å². The molecule has 8 N–H and O–H groups in total. The van der Waals surface area contributed by atoms with Crippen LogP contribution in [0.4, 0.5) is 0 Å². The zero-order valence-electron chi connectivity index (χ0n) is 27.7. The van der Waals surface area contributed by atoms with E-state index in [1.807, 2.05) is 0 Å². The summed E-state index contributed by atoms with van der Waals surface area (Å²) >= 11 is 6.83. The number of aliphatic hydroxyl groups is 4. The molecule has 0 spiro atoms. The van der Waals surface area contributed by atoms with Crippen LogP contribution >= 0.6 is 11.6 Å². The maximum absolute atomic E-state index is 14.6. The molecule has 1 aliphatic heterocycles. The first kappa shape index (κ1) is 36.9. The Labute approximate surface area is 285 Å². The van der Waals surface area contributed by atoms with Gasteiger partial charge in [0.15, 0.2) is 17.8 Å². The van der Waals surface area contributed by atoms with Crippen molar-refractivity contribution in [3.8, 4) is 11.5 Å². The maximum atomic E-state index is 14.6. The molecule has 0 bridgehead atoms. The number of hydroxylamine groups is 2. The Morgan fingerprint density at radius 2 is 1.76 bits per heavy atom. The molecular weight excluding hydrogens is 674 g/mol. The Morgan fingerprint density at radius 3 is 2.27 bits per heavy atom. The summed E-state index contributed by atoms with van der Waals surface area (Å²) in [5.74, 6) is -9.03. The average molecular weight is 713 g/mol. The number of methoxy groups -OCH3 is 2. The summed E-state index contributed by atoms with van der Waals surface area (Å²) in [7, 11) is 5.19. The zero-order valence-corrected chi connectivity index (χ0v) is 28.4. The normalized spacial score (nSPS) is 37.7. The Kier molecular flexibility index (Phi) is 8.94. The van der Waals surface area contributed by atoms with E-state index in [1.165, 1.54) is 42.2 Å². The molecule has 1 amide bonds. The van der Waals surface area contributed by atoms with E-state index in [1.54, 1.807) is 6.92 Å². The molecule has 2 fully saturated rings. The van der Waals surface area contributed by atoms with Crippen molar-refractivity contribution in [1.82, 2.24) is 10.1 Å². The molecule has 17 nitrogen and oxygen atoms in total. The molecule has 270 valence electrons. The number of halogens is 1. The number of fused-ring (bicyclic) bond motifs is 3. The standard InChI is InChI=1S/C31H39ClN3O14/c1-11-26(47-7)28(2,35(44)45)10-15(48-11)49-29(3)12-9-30(42)23(34(4)5)22(38)18(27(33)41)25(40)31(30,43)24(39)16(12)21(37)17-13(36)8-14(46-6)20(32)19(17)29/h8,11-12,15,23,26,36-37,40,42-44H,9-10H2,1-7H3,(H2,33,41)/q-1/t11-,12-,15-,23+,26-,28-,29+,30+,31-/m0/s1. The lowest BCUT2D eigenvalue weighted by Crippen LogP contribution is -2.77. The molecule has 18 heteroatoms. The van der Waals surface area contributed by atoms with Gasteiger partial charge in [0.2, 0.25) is 11.4 Å². The predicted molar refractivity (Wildman–Crippen MR) is 167 cm³/mol. The van der Waals surface area contributed by atoms with E-state index < -0.39 is 111 Å². The summed E-state index contributed by atoms with van der Waals surface area (Å²) in [4.78, 5) is 41.7. The molecule has 0 radical (unpaired) electrons. The zero-order chi connectivity index (χ0) is 36.9. The van der Waals surface area contributed by atoms with Crippen LogP contribution in [-0.4, -0.2) is 128 Å². The lowest BCUT2D eigenvalue weighted by atomic mass is 9.52. The number of phenols is 1. The van der Waals surface area contributed by atoms with Crippen LogP contribution in [0.3, 0.4) is 0 Å². The quantitative estimate of drug-likeness (QED) is 0.150. The fraction of sp³-hybridized carbons (Fsp3) is 0.581. The Bertz CT molecular complexity index is 1700. The van der Waals surface area contributed by atoms with E-state index in [2.05, 4.69) is 0 Å². The van der Waals surface area contributed by atoms with Gasteiger partial charge in [-0.25, -0.2) is 0 Å². The molecule has 49 heavy (non-hydrogen) atoms. The van der Waals surface area contributed by atoms with Crippen molar-refractivity contribution < 1.29 is 64.1 Å². The highest BCUT2D eigenvalue weighted by Crippen LogP contribution is 2.62. The van der Waals surface area contributed by atoms with E-state index >= 15 is 0 Å². The molecule has 1 saturated heterocycles. The second-order valence-electron chi connectivity index (χ2n) is 13.4. The second kappa shape index (κ2) is 11.9. The topological polar surface area (TPSA) is 265 Å². The van der Waals surface area contributed by atoms with Crippen molar-refractivity contribution in [3.05, 3.63) is 44.3 Å². The van der Waals surface area contributed by atoms with E-state index in [4.69, 9.17) is 36.3 Å². The van der Waals surface area contributed by atoms with Crippen molar-refractivity contribution in [2.24, 2.45) is 11.7 Å². The SMILES string of the molecule is COc1cc(O)c2c(c1Cl)[C@](C)(O[C@H]1C[C@](C)(N([O-])O)[C@@H](OC)[C@H](C)O1)[C@H]1C[C@@]3(O)[C@H](N(C)C)C(=O)C(C(N)=O)=C(O)[C@@]3(O)C(=O)C1=C2O. The van der Waals surface area contributed by atoms with Crippen LogP contribution in [0, 0.1) is 11.1 Å². The third-order valence-electron chi connectivity index (χ3n) is 10.5. The number of likely N-dealkylation sites (N-methyl/N-ethyl adjacent to an activating group) is 1. The van der Waals surface area contributed by atoms with Crippen LogP contribution in [0.1, 0.15) is 44.7 Å². The summed E-state index contributed by atoms with van der Waals surface area (Å²) in [6, 6.07) is -0.829. The minimum atomic E-state index is -3.43. The molecule has 1 aromatic rings. The van der Waals surface area contributed by atoms with Crippen LogP contribution in [0.5, 0.6) is 11.5 Å². The van der Waals surface area contributed by atoms with Crippen molar-refractivity contribution in [2.45, 2.75) is 80.5 Å². The first-order chi connectivity index (χ1) is 22.6. The summed E-state index contributed by atoms with van der Waals surface area (Å²) in [6.45, 7) is 4.32. The molecule has 4 aliphatic rings. The number of phenolic OH excluding ortho intramolecular Hbond substituents is 1. The number of ketones is 2. The second-order valence-corrected chi connectivity index (χ2v) is 13.8. The number of aromatic hydroxyl groups is 1. The van der Waals surface area contributed by atoms with Gasteiger partial charge in [-0.05, 0) is 41.3 Å². The predicted octanol–water partition coefficient (Wildman–Crippen LogP) is 0.528. The number of ether oxygens (including phenoxy) is 4. The number of carbonyl (C=O) groups is 3. The summed E-state index contributed by atoms with van der Waals surface area (Å²) < 4.78 is 23.4. The number of Topliss-reactive ketones (excluding diaryl/α,β-unsaturated/α-hetero) is 2. The smallest absolute Gasteiger partial charge is 0.255 e. The third kappa shape index (κ3) is 4.76. The summed E-state index contributed by atoms with van der Waals surface area (Å²) in [6.07, 6.45) is -4.48. The van der Waals surface area contributed by atoms with Gasteiger partial charge in [0, 0.05) is 36.7 Å².